The number of carbonyl (C=O) groups is 1. The molecule has 1 fully saturated rings. The van der Waals surface area contributed by atoms with Crippen molar-refractivity contribution in [2.24, 2.45) is 11.8 Å². The van der Waals surface area contributed by atoms with Crippen LogP contribution in [-0.4, -0.2) is 19.0 Å². The highest BCUT2D eigenvalue weighted by atomic mass is 16.3. The van der Waals surface area contributed by atoms with Gasteiger partial charge in [0.15, 0.2) is 0 Å². The molecule has 82 valence electrons. The van der Waals surface area contributed by atoms with Crippen LogP contribution < -0.4 is 10.6 Å². The lowest BCUT2D eigenvalue weighted by molar-refractivity contribution is -0.125. The third kappa shape index (κ3) is 2.39. The molecular formula is C11H16N2O2. The van der Waals surface area contributed by atoms with E-state index in [2.05, 4.69) is 17.6 Å². The van der Waals surface area contributed by atoms with E-state index >= 15 is 0 Å². The lowest BCUT2D eigenvalue weighted by Crippen LogP contribution is -2.33. The Morgan fingerprint density at radius 1 is 1.67 bits per heavy atom. The fourth-order valence-electron chi connectivity index (χ4n) is 1.87. The average Bonchev–Trinajstić information content (AvgIpc) is 2.84. The van der Waals surface area contributed by atoms with Gasteiger partial charge in [-0.25, -0.2) is 0 Å². The maximum Gasteiger partial charge on any atom is 0.224 e. The first-order chi connectivity index (χ1) is 7.27. The molecule has 1 aliphatic heterocycles. The highest BCUT2D eigenvalue weighted by Crippen LogP contribution is 2.15. The summed E-state index contributed by atoms with van der Waals surface area (Å²) in [6.07, 6.45) is 3.26. The zero-order valence-corrected chi connectivity index (χ0v) is 8.82. The van der Waals surface area contributed by atoms with Gasteiger partial charge in [0.2, 0.25) is 5.91 Å². The smallest absolute Gasteiger partial charge is 0.224 e. The molecule has 4 heteroatoms. The Labute approximate surface area is 89.0 Å². The monoisotopic (exact) mass is 208 g/mol. The zero-order chi connectivity index (χ0) is 10.7. The zero-order valence-electron chi connectivity index (χ0n) is 8.82. The molecule has 2 N–H and O–H groups in total. The molecule has 1 aromatic heterocycles. The van der Waals surface area contributed by atoms with Gasteiger partial charge in [-0.1, -0.05) is 6.92 Å². The number of rotatable bonds is 3. The minimum Gasteiger partial charge on any atom is -0.472 e. The van der Waals surface area contributed by atoms with Crippen LogP contribution in [0.15, 0.2) is 23.0 Å². The van der Waals surface area contributed by atoms with E-state index in [1.807, 2.05) is 6.07 Å². The van der Waals surface area contributed by atoms with Crippen LogP contribution in [0.4, 0.5) is 0 Å². The van der Waals surface area contributed by atoms with Gasteiger partial charge in [0.25, 0.3) is 0 Å². The summed E-state index contributed by atoms with van der Waals surface area (Å²) in [5.41, 5.74) is 1.00. The SMILES string of the molecule is C[C@@H]1CNC[C@H]1C(=O)NCc1ccoc1. The Hall–Kier alpha value is -1.29. The van der Waals surface area contributed by atoms with E-state index in [0.717, 1.165) is 18.7 Å². The Balaban J connectivity index is 1.82. The predicted octanol–water partition coefficient (Wildman–Crippen LogP) is 0.751. The fourth-order valence-corrected chi connectivity index (χ4v) is 1.87. The second-order valence-corrected chi connectivity index (χ2v) is 4.09. The first kappa shape index (κ1) is 10.2. The maximum atomic E-state index is 11.8. The average molecular weight is 208 g/mol. The van der Waals surface area contributed by atoms with Gasteiger partial charge in [-0.2, -0.15) is 0 Å². The van der Waals surface area contributed by atoms with Gasteiger partial charge in [-0.15, -0.1) is 0 Å². The van der Waals surface area contributed by atoms with Crippen molar-refractivity contribution in [1.82, 2.24) is 10.6 Å². The second-order valence-electron chi connectivity index (χ2n) is 4.09. The summed E-state index contributed by atoms with van der Waals surface area (Å²) < 4.78 is 4.93. The number of furan rings is 1. The van der Waals surface area contributed by atoms with E-state index in [4.69, 9.17) is 4.42 Å². The lowest BCUT2D eigenvalue weighted by Gasteiger charge is -2.13. The summed E-state index contributed by atoms with van der Waals surface area (Å²) >= 11 is 0. The molecule has 0 bridgehead atoms. The molecule has 0 aromatic carbocycles. The van der Waals surface area contributed by atoms with Crippen molar-refractivity contribution < 1.29 is 9.21 Å². The maximum absolute atomic E-state index is 11.8. The largest absolute Gasteiger partial charge is 0.472 e. The Kier molecular flexibility index (Phi) is 3.06. The normalized spacial score (nSPS) is 25.4. The van der Waals surface area contributed by atoms with Gasteiger partial charge in [0.05, 0.1) is 18.4 Å². The molecule has 2 rings (SSSR count). The van der Waals surface area contributed by atoms with Gasteiger partial charge in [-0.3, -0.25) is 4.79 Å². The Bertz CT molecular complexity index is 321. The van der Waals surface area contributed by atoms with E-state index in [9.17, 15) is 4.79 Å². The fraction of sp³-hybridized carbons (Fsp3) is 0.545. The third-order valence-electron chi connectivity index (χ3n) is 2.90. The third-order valence-corrected chi connectivity index (χ3v) is 2.90. The van der Waals surface area contributed by atoms with Crippen molar-refractivity contribution in [2.45, 2.75) is 13.5 Å². The summed E-state index contributed by atoms with van der Waals surface area (Å²) in [5, 5.41) is 6.14. The van der Waals surface area contributed by atoms with Crippen LogP contribution in [0.5, 0.6) is 0 Å². The number of nitrogens with one attached hydrogen (secondary N) is 2. The molecule has 0 aliphatic carbocycles. The van der Waals surface area contributed by atoms with Crippen molar-refractivity contribution in [3.05, 3.63) is 24.2 Å². The number of hydrogen-bond donors (Lipinski definition) is 2. The molecule has 1 aromatic rings. The van der Waals surface area contributed by atoms with Crippen molar-refractivity contribution >= 4 is 5.91 Å². The van der Waals surface area contributed by atoms with Gasteiger partial charge in [0, 0.05) is 18.7 Å². The van der Waals surface area contributed by atoms with Gasteiger partial charge < -0.3 is 15.1 Å². The summed E-state index contributed by atoms with van der Waals surface area (Å²) in [7, 11) is 0. The van der Waals surface area contributed by atoms with E-state index in [0.29, 0.717) is 12.5 Å². The van der Waals surface area contributed by atoms with Crippen molar-refractivity contribution in [2.75, 3.05) is 13.1 Å². The van der Waals surface area contributed by atoms with Gasteiger partial charge in [-0.05, 0) is 18.5 Å². The van der Waals surface area contributed by atoms with Crippen LogP contribution >= 0.6 is 0 Å². The van der Waals surface area contributed by atoms with Crippen molar-refractivity contribution in [3.63, 3.8) is 0 Å². The molecule has 0 radical (unpaired) electrons. The van der Waals surface area contributed by atoms with Gasteiger partial charge >= 0.3 is 0 Å². The summed E-state index contributed by atoms with van der Waals surface area (Å²) in [4.78, 5) is 11.8. The topological polar surface area (TPSA) is 54.3 Å². The van der Waals surface area contributed by atoms with Crippen LogP contribution in [0, 0.1) is 11.8 Å². The molecule has 1 amide bonds. The first-order valence-corrected chi connectivity index (χ1v) is 5.27. The van der Waals surface area contributed by atoms with Crippen molar-refractivity contribution in [1.29, 1.82) is 0 Å². The standard InChI is InChI=1S/C11H16N2O2/c1-8-4-12-6-10(8)11(14)13-5-9-2-3-15-7-9/h2-3,7-8,10,12H,4-6H2,1H3,(H,13,14)/t8-,10-/m1/s1. The lowest BCUT2D eigenvalue weighted by atomic mass is 9.97. The minimum atomic E-state index is 0.108. The van der Waals surface area contributed by atoms with E-state index in [1.54, 1.807) is 12.5 Å². The molecular weight excluding hydrogens is 192 g/mol. The molecule has 2 atom stereocenters. The number of carbonyl (C=O) groups excluding carboxylic acids is 1. The van der Waals surface area contributed by atoms with E-state index in [-0.39, 0.29) is 11.8 Å². The molecule has 1 aliphatic rings. The van der Waals surface area contributed by atoms with Crippen LogP contribution in [0.25, 0.3) is 0 Å². The Morgan fingerprint density at radius 2 is 2.53 bits per heavy atom. The van der Waals surface area contributed by atoms with Crippen LogP contribution in [0.1, 0.15) is 12.5 Å². The van der Waals surface area contributed by atoms with E-state index in [1.165, 1.54) is 0 Å². The highest BCUT2D eigenvalue weighted by molar-refractivity contribution is 5.79. The summed E-state index contributed by atoms with van der Waals surface area (Å²) in [6.45, 7) is 4.38. The van der Waals surface area contributed by atoms with E-state index < -0.39 is 0 Å². The molecule has 4 nitrogen and oxygen atoms in total. The molecule has 0 saturated carbocycles. The van der Waals surface area contributed by atoms with Gasteiger partial charge in [0.1, 0.15) is 0 Å². The second kappa shape index (κ2) is 4.49. The summed E-state index contributed by atoms with van der Waals surface area (Å²) in [6, 6.07) is 1.86. The molecule has 0 spiro atoms. The number of hydrogen-bond acceptors (Lipinski definition) is 3. The van der Waals surface area contributed by atoms with Crippen LogP contribution in [-0.2, 0) is 11.3 Å². The molecule has 2 heterocycles. The Morgan fingerprint density at radius 3 is 3.13 bits per heavy atom. The molecule has 0 unspecified atom stereocenters. The summed E-state index contributed by atoms with van der Waals surface area (Å²) in [5.74, 6) is 0.667. The van der Waals surface area contributed by atoms with Crippen LogP contribution in [0.2, 0.25) is 0 Å². The predicted molar refractivity (Wildman–Crippen MR) is 56.1 cm³/mol. The quantitative estimate of drug-likeness (QED) is 0.770. The number of amides is 1. The minimum absolute atomic E-state index is 0.108. The van der Waals surface area contributed by atoms with Crippen LogP contribution in [0.3, 0.4) is 0 Å². The van der Waals surface area contributed by atoms with Crippen molar-refractivity contribution in [3.8, 4) is 0 Å². The molecule has 1 saturated heterocycles. The highest BCUT2D eigenvalue weighted by Gasteiger charge is 2.29. The first-order valence-electron chi connectivity index (χ1n) is 5.27. The molecule has 15 heavy (non-hydrogen) atoms.